The van der Waals surface area contributed by atoms with Crippen molar-refractivity contribution in [3.63, 3.8) is 0 Å². The molecule has 3 aromatic carbocycles. The molecule has 7 nitrogen and oxygen atoms in total. The molecule has 0 bridgehead atoms. The highest BCUT2D eigenvalue weighted by Gasteiger charge is 2.24. The number of benzene rings is 3. The fourth-order valence-electron chi connectivity index (χ4n) is 3.93. The monoisotopic (exact) mass is 447 g/mol. The number of nitrogens with two attached hydrogens (primary N) is 1. The largest absolute Gasteiger partial charge is 0.507 e. The smallest absolute Gasteiger partial charge is 0.308 e. The highest BCUT2D eigenvalue weighted by atomic mass is 19.1. The number of nitrogen functional groups attached to an aromatic ring is 1. The van der Waals surface area contributed by atoms with E-state index in [2.05, 4.69) is 4.98 Å². The number of carbonyl (C=O) groups excluding carboxylic acids is 1. The number of carbonyl (C=O) groups is 1. The number of aromatic amines is 1. The molecule has 0 saturated heterocycles. The summed E-state index contributed by atoms with van der Waals surface area (Å²) in [7, 11) is 0. The van der Waals surface area contributed by atoms with E-state index in [-0.39, 0.29) is 34.2 Å². The molecule has 168 valence electrons. The second kappa shape index (κ2) is 8.31. The Labute approximate surface area is 188 Å². The first kappa shape index (κ1) is 21.9. The number of H-pyrrole nitrogens is 1. The number of phenols is 2. The molecule has 1 heterocycles. The van der Waals surface area contributed by atoms with Crippen molar-refractivity contribution in [2.75, 3.05) is 0 Å². The SMILES string of the molecule is CCc1c(OC(C)=O)cc(-c2cc3cc(C(=N)N)ccc3[nH]2)c(O)c1-c1cc(F)ccc1O. The molecule has 0 atom stereocenters. The second-order valence-electron chi connectivity index (χ2n) is 7.63. The molecule has 4 aromatic rings. The van der Waals surface area contributed by atoms with Gasteiger partial charge in [-0.1, -0.05) is 6.92 Å². The van der Waals surface area contributed by atoms with Gasteiger partial charge in [0, 0.05) is 45.6 Å². The van der Waals surface area contributed by atoms with Gasteiger partial charge in [-0.05, 0) is 55.0 Å². The van der Waals surface area contributed by atoms with Crippen LogP contribution in [-0.4, -0.2) is 27.0 Å². The maximum atomic E-state index is 14.1. The van der Waals surface area contributed by atoms with Gasteiger partial charge in [0.2, 0.25) is 0 Å². The molecule has 0 amide bonds. The Kier molecular flexibility index (Phi) is 5.51. The van der Waals surface area contributed by atoms with E-state index < -0.39 is 11.8 Å². The summed E-state index contributed by atoms with van der Waals surface area (Å²) in [6, 6.07) is 11.9. The number of rotatable bonds is 5. The summed E-state index contributed by atoms with van der Waals surface area (Å²) >= 11 is 0. The van der Waals surface area contributed by atoms with Crippen LogP contribution in [0.4, 0.5) is 4.39 Å². The minimum Gasteiger partial charge on any atom is -0.507 e. The van der Waals surface area contributed by atoms with E-state index >= 15 is 0 Å². The molecule has 8 heteroatoms. The van der Waals surface area contributed by atoms with E-state index in [0.717, 1.165) is 23.0 Å². The summed E-state index contributed by atoms with van der Waals surface area (Å²) in [5.74, 6) is -1.46. The third-order valence-electron chi connectivity index (χ3n) is 5.42. The lowest BCUT2D eigenvalue weighted by molar-refractivity contribution is -0.131. The highest BCUT2D eigenvalue weighted by molar-refractivity contribution is 6.00. The first-order valence-electron chi connectivity index (χ1n) is 10.2. The van der Waals surface area contributed by atoms with Gasteiger partial charge < -0.3 is 25.7 Å². The van der Waals surface area contributed by atoms with Crippen molar-refractivity contribution in [3.8, 4) is 39.6 Å². The van der Waals surface area contributed by atoms with Gasteiger partial charge in [-0.3, -0.25) is 10.2 Å². The van der Waals surface area contributed by atoms with E-state index in [1.165, 1.54) is 19.1 Å². The average Bonchev–Trinajstić information content (AvgIpc) is 3.19. The summed E-state index contributed by atoms with van der Waals surface area (Å²) in [4.78, 5) is 15.0. The summed E-state index contributed by atoms with van der Waals surface area (Å²) in [5.41, 5.74) is 8.35. The van der Waals surface area contributed by atoms with Crippen LogP contribution in [0.1, 0.15) is 25.0 Å². The van der Waals surface area contributed by atoms with Gasteiger partial charge in [0.05, 0.1) is 5.69 Å². The van der Waals surface area contributed by atoms with Gasteiger partial charge in [-0.25, -0.2) is 4.39 Å². The number of hydrogen-bond acceptors (Lipinski definition) is 5. The van der Waals surface area contributed by atoms with Crippen molar-refractivity contribution in [3.05, 3.63) is 65.5 Å². The van der Waals surface area contributed by atoms with Gasteiger partial charge >= 0.3 is 5.97 Å². The molecule has 6 N–H and O–H groups in total. The van der Waals surface area contributed by atoms with Crippen LogP contribution in [0.25, 0.3) is 33.3 Å². The van der Waals surface area contributed by atoms with Gasteiger partial charge in [0.1, 0.15) is 28.9 Å². The van der Waals surface area contributed by atoms with Crippen molar-refractivity contribution in [2.45, 2.75) is 20.3 Å². The minimum absolute atomic E-state index is 0.0733. The number of halogens is 1. The molecule has 0 aliphatic carbocycles. The van der Waals surface area contributed by atoms with Crippen LogP contribution >= 0.6 is 0 Å². The molecule has 33 heavy (non-hydrogen) atoms. The molecular formula is C25H22FN3O4. The number of esters is 1. The van der Waals surface area contributed by atoms with Crippen molar-refractivity contribution in [2.24, 2.45) is 5.73 Å². The Morgan fingerprint density at radius 3 is 2.55 bits per heavy atom. The van der Waals surface area contributed by atoms with Gasteiger partial charge in [0.25, 0.3) is 0 Å². The van der Waals surface area contributed by atoms with E-state index in [1.807, 2.05) is 0 Å². The maximum Gasteiger partial charge on any atom is 0.308 e. The quantitative estimate of drug-likeness (QED) is 0.129. The number of amidine groups is 1. The van der Waals surface area contributed by atoms with E-state index in [4.69, 9.17) is 15.9 Å². The number of aromatic hydroxyl groups is 2. The zero-order chi connectivity index (χ0) is 23.9. The van der Waals surface area contributed by atoms with E-state index in [9.17, 15) is 19.4 Å². The predicted molar refractivity (Wildman–Crippen MR) is 124 cm³/mol. The fraction of sp³-hybridized carbons (Fsp3) is 0.120. The van der Waals surface area contributed by atoms with Crippen molar-refractivity contribution in [1.29, 1.82) is 5.41 Å². The lowest BCUT2D eigenvalue weighted by Crippen LogP contribution is -2.10. The molecule has 0 spiro atoms. The summed E-state index contributed by atoms with van der Waals surface area (Å²) in [6.45, 7) is 3.06. The Balaban J connectivity index is 2.03. The van der Waals surface area contributed by atoms with Crippen LogP contribution in [0.15, 0.2) is 48.5 Å². The van der Waals surface area contributed by atoms with Gasteiger partial charge in [-0.15, -0.1) is 0 Å². The normalized spacial score (nSPS) is 11.0. The molecule has 1 aromatic heterocycles. The van der Waals surface area contributed by atoms with Crippen molar-refractivity contribution < 1.29 is 24.1 Å². The molecule has 0 fully saturated rings. The lowest BCUT2D eigenvalue weighted by Gasteiger charge is -2.19. The molecule has 0 unspecified atom stereocenters. The fourth-order valence-corrected chi connectivity index (χ4v) is 3.93. The van der Waals surface area contributed by atoms with Crippen LogP contribution in [0, 0.1) is 11.2 Å². The minimum atomic E-state index is -0.592. The van der Waals surface area contributed by atoms with E-state index in [1.54, 1.807) is 31.2 Å². The number of fused-ring (bicyclic) bond motifs is 1. The second-order valence-corrected chi connectivity index (χ2v) is 7.63. The van der Waals surface area contributed by atoms with Gasteiger partial charge in [0.15, 0.2) is 0 Å². The standard InChI is InChI=1S/C25H22FN3O4/c1-3-16-22(33-12(2)30)11-17(24(32)23(16)18-10-15(26)5-7-21(18)31)20-9-14-8-13(25(27)28)4-6-19(14)29-20/h4-11,29,31-32H,3H2,1-2H3,(H3,27,28). The topological polar surface area (TPSA) is 132 Å². The average molecular weight is 447 g/mol. The highest BCUT2D eigenvalue weighted by Crippen LogP contribution is 2.48. The summed E-state index contributed by atoms with van der Waals surface area (Å²) in [5, 5.41) is 30.1. The Hall–Kier alpha value is -4.33. The molecule has 0 saturated carbocycles. The molecule has 0 aliphatic rings. The zero-order valence-electron chi connectivity index (χ0n) is 18.0. The molecular weight excluding hydrogens is 425 g/mol. The Morgan fingerprint density at radius 2 is 1.88 bits per heavy atom. The van der Waals surface area contributed by atoms with Crippen LogP contribution in [-0.2, 0) is 11.2 Å². The number of aromatic nitrogens is 1. The predicted octanol–water partition coefficient (Wildman–Crippen LogP) is 4.82. The summed E-state index contributed by atoms with van der Waals surface area (Å²) < 4.78 is 19.5. The third-order valence-corrected chi connectivity index (χ3v) is 5.42. The zero-order valence-corrected chi connectivity index (χ0v) is 18.0. The van der Waals surface area contributed by atoms with E-state index in [0.29, 0.717) is 28.8 Å². The number of nitrogens with one attached hydrogen (secondary N) is 2. The Morgan fingerprint density at radius 1 is 1.12 bits per heavy atom. The van der Waals surface area contributed by atoms with Crippen LogP contribution in [0.2, 0.25) is 0 Å². The number of phenolic OH excluding ortho intramolecular Hbond substituents is 2. The first-order chi connectivity index (χ1) is 15.7. The maximum absolute atomic E-state index is 14.1. The van der Waals surface area contributed by atoms with Crippen LogP contribution < -0.4 is 10.5 Å². The lowest BCUT2D eigenvalue weighted by atomic mass is 9.91. The third kappa shape index (κ3) is 3.98. The van der Waals surface area contributed by atoms with Crippen LogP contribution in [0.3, 0.4) is 0 Å². The number of ether oxygens (including phenoxy) is 1. The van der Waals surface area contributed by atoms with Crippen molar-refractivity contribution >= 4 is 22.7 Å². The molecule has 0 radical (unpaired) electrons. The Bertz CT molecular complexity index is 1430. The molecule has 0 aliphatic heterocycles. The summed E-state index contributed by atoms with van der Waals surface area (Å²) in [6.07, 6.45) is 0.344. The van der Waals surface area contributed by atoms with Gasteiger partial charge in [-0.2, -0.15) is 0 Å². The van der Waals surface area contributed by atoms with Crippen LogP contribution in [0.5, 0.6) is 17.2 Å². The molecule has 4 rings (SSSR count). The number of hydrogen-bond donors (Lipinski definition) is 5. The van der Waals surface area contributed by atoms with Crippen molar-refractivity contribution in [1.82, 2.24) is 4.98 Å². The first-order valence-corrected chi connectivity index (χ1v) is 10.2.